The molecule has 0 saturated heterocycles. The lowest BCUT2D eigenvalue weighted by atomic mass is 10.0. The van der Waals surface area contributed by atoms with Crippen LogP contribution in [-0.4, -0.2) is 12.6 Å². The molecule has 0 atom stereocenters. The van der Waals surface area contributed by atoms with Gasteiger partial charge in [-0.15, -0.1) is 0 Å². The van der Waals surface area contributed by atoms with Crippen LogP contribution in [-0.2, 0) is 9.53 Å². The van der Waals surface area contributed by atoms with Gasteiger partial charge in [0, 0.05) is 0 Å². The van der Waals surface area contributed by atoms with Crippen molar-refractivity contribution in [1.82, 2.24) is 0 Å². The smallest absolute Gasteiger partial charge is 0.308 e. The highest BCUT2D eigenvalue weighted by atomic mass is 16.5. The first-order valence-corrected chi connectivity index (χ1v) is 5.30. The average molecular weight is 183 g/mol. The summed E-state index contributed by atoms with van der Waals surface area (Å²) in [7, 11) is 0. The summed E-state index contributed by atoms with van der Waals surface area (Å²) in [6.07, 6.45) is 7.65. The SMILES string of the molecule is [CH2]CCOC(=O)C1CCCCCC1. The van der Waals surface area contributed by atoms with Crippen molar-refractivity contribution in [2.75, 3.05) is 6.61 Å². The molecule has 0 unspecified atom stereocenters. The summed E-state index contributed by atoms with van der Waals surface area (Å²) in [4.78, 5) is 11.5. The van der Waals surface area contributed by atoms with Crippen LogP contribution in [0, 0.1) is 12.8 Å². The van der Waals surface area contributed by atoms with E-state index in [-0.39, 0.29) is 11.9 Å². The largest absolute Gasteiger partial charge is 0.465 e. The number of carbonyl (C=O) groups excluding carboxylic acids is 1. The van der Waals surface area contributed by atoms with Crippen LogP contribution in [0.25, 0.3) is 0 Å². The standard InChI is InChI=1S/C11H19O2/c1-2-9-13-11(12)10-7-5-3-4-6-8-10/h10H,1-9H2. The second kappa shape index (κ2) is 6.01. The maximum Gasteiger partial charge on any atom is 0.308 e. The summed E-state index contributed by atoms with van der Waals surface area (Å²) in [5.41, 5.74) is 0. The molecule has 75 valence electrons. The molecule has 1 fully saturated rings. The van der Waals surface area contributed by atoms with Crippen molar-refractivity contribution in [1.29, 1.82) is 0 Å². The molecule has 0 aliphatic heterocycles. The van der Waals surface area contributed by atoms with Crippen LogP contribution >= 0.6 is 0 Å². The Labute approximate surface area is 80.7 Å². The van der Waals surface area contributed by atoms with Gasteiger partial charge in [-0.05, 0) is 26.2 Å². The van der Waals surface area contributed by atoms with Crippen LogP contribution in [0.1, 0.15) is 44.9 Å². The Bertz CT molecular complexity index is 146. The Morgan fingerprint density at radius 1 is 1.23 bits per heavy atom. The molecular formula is C11H19O2. The molecule has 13 heavy (non-hydrogen) atoms. The molecule has 0 heterocycles. The van der Waals surface area contributed by atoms with Crippen molar-refractivity contribution < 1.29 is 9.53 Å². The summed E-state index contributed by atoms with van der Waals surface area (Å²) < 4.78 is 5.08. The summed E-state index contributed by atoms with van der Waals surface area (Å²) in [6, 6.07) is 0. The van der Waals surface area contributed by atoms with E-state index < -0.39 is 0 Å². The molecule has 0 aromatic carbocycles. The van der Waals surface area contributed by atoms with E-state index in [1.54, 1.807) is 0 Å². The van der Waals surface area contributed by atoms with E-state index in [2.05, 4.69) is 6.92 Å². The number of esters is 1. The van der Waals surface area contributed by atoms with Gasteiger partial charge >= 0.3 is 5.97 Å². The van der Waals surface area contributed by atoms with Gasteiger partial charge in [0.25, 0.3) is 0 Å². The Hall–Kier alpha value is -0.530. The third-order valence-electron chi connectivity index (χ3n) is 2.58. The minimum atomic E-state index is 0.00514. The molecule has 0 spiro atoms. The summed E-state index contributed by atoms with van der Waals surface area (Å²) in [5, 5.41) is 0. The zero-order valence-corrected chi connectivity index (χ0v) is 8.26. The summed E-state index contributed by atoms with van der Waals surface area (Å²) in [6.45, 7) is 4.13. The van der Waals surface area contributed by atoms with Crippen molar-refractivity contribution in [3.63, 3.8) is 0 Å². The van der Waals surface area contributed by atoms with Crippen molar-refractivity contribution in [2.45, 2.75) is 44.9 Å². The van der Waals surface area contributed by atoms with Gasteiger partial charge in [0.2, 0.25) is 0 Å². The predicted molar refractivity (Wildman–Crippen MR) is 52.1 cm³/mol. The molecule has 0 amide bonds. The van der Waals surface area contributed by atoms with E-state index in [9.17, 15) is 4.79 Å². The maximum atomic E-state index is 11.5. The van der Waals surface area contributed by atoms with Gasteiger partial charge in [-0.1, -0.05) is 25.7 Å². The molecule has 1 rings (SSSR count). The Morgan fingerprint density at radius 2 is 1.85 bits per heavy atom. The topological polar surface area (TPSA) is 26.3 Å². The number of carbonyl (C=O) groups is 1. The summed E-state index contributed by atoms with van der Waals surface area (Å²) >= 11 is 0. The minimum absolute atomic E-state index is 0.00514. The quantitative estimate of drug-likeness (QED) is 0.496. The highest BCUT2D eigenvalue weighted by molar-refractivity contribution is 5.72. The van der Waals surface area contributed by atoms with Crippen molar-refractivity contribution >= 4 is 5.97 Å². The van der Waals surface area contributed by atoms with Crippen LogP contribution in [0.5, 0.6) is 0 Å². The van der Waals surface area contributed by atoms with E-state index in [4.69, 9.17) is 4.74 Å². The van der Waals surface area contributed by atoms with Gasteiger partial charge in [0.1, 0.15) is 0 Å². The van der Waals surface area contributed by atoms with E-state index in [0.29, 0.717) is 13.0 Å². The lowest BCUT2D eigenvalue weighted by molar-refractivity contribution is -0.148. The van der Waals surface area contributed by atoms with Crippen LogP contribution in [0.4, 0.5) is 0 Å². The Kier molecular flexibility index (Phi) is 4.87. The number of rotatable bonds is 3. The highest BCUT2D eigenvalue weighted by Crippen LogP contribution is 2.23. The Morgan fingerprint density at radius 3 is 2.38 bits per heavy atom. The third-order valence-corrected chi connectivity index (χ3v) is 2.58. The van der Waals surface area contributed by atoms with E-state index >= 15 is 0 Å². The molecule has 1 aliphatic rings. The molecule has 1 radical (unpaired) electrons. The number of hydrogen-bond acceptors (Lipinski definition) is 2. The predicted octanol–water partition coefficient (Wildman–Crippen LogP) is 2.72. The molecule has 1 aliphatic carbocycles. The third kappa shape index (κ3) is 3.79. The van der Waals surface area contributed by atoms with Crippen LogP contribution < -0.4 is 0 Å². The lowest BCUT2D eigenvalue weighted by Gasteiger charge is -2.12. The molecule has 0 aromatic rings. The molecule has 2 nitrogen and oxygen atoms in total. The molecule has 1 saturated carbocycles. The fourth-order valence-corrected chi connectivity index (χ4v) is 1.81. The van der Waals surface area contributed by atoms with Crippen LogP contribution in [0.15, 0.2) is 0 Å². The van der Waals surface area contributed by atoms with E-state index in [1.165, 1.54) is 25.7 Å². The van der Waals surface area contributed by atoms with Gasteiger partial charge in [0.05, 0.1) is 12.5 Å². The van der Waals surface area contributed by atoms with Crippen molar-refractivity contribution in [2.24, 2.45) is 5.92 Å². The molecular weight excluding hydrogens is 164 g/mol. The first kappa shape index (κ1) is 10.6. The van der Waals surface area contributed by atoms with Gasteiger partial charge in [0.15, 0.2) is 0 Å². The lowest BCUT2D eigenvalue weighted by Crippen LogP contribution is -2.17. The van der Waals surface area contributed by atoms with Crippen LogP contribution in [0.3, 0.4) is 0 Å². The van der Waals surface area contributed by atoms with Gasteiger partial charge < -0.3 is 4.74 Å². The first-order valence-electron chi connectivity index (χ1n) is 5.30. The van der Waals surface area contributed by atoms with Crippen molar-refractivity contribution in [3.05, 3.63) is 6.92 Å². The fourth-order valence-electron chi connectivity index (χ4n) is 1.81. The minimum Gasteiger partial charge on any atom is -0.465 e. The van der Waals surface area contributed by atoms with Gasteiger partial charge in [-0.3, -0.25) is 4.79 Å². The average Bonchev–Trinajstić information content (AvgIpc) is 2.42. The zero-order valence-electron chi connectivity index (χ0n) is 8.26. The molecule has 0 N–H and O–H groups in total. The van der Waals surface area contributed by atoms with Gasteiger partial charge in [-0.25, -0.2) is 0 Å². The number of hydrogen-bond donors (Lipinski definition) is 0. The highest BCUT2D eigenvalue weighted by Gasteiger charge is 2.20. The van der Waals surface area contributed by atoms with Crippen LogP contribution in [0.2, 0.25) is 0 Å². The monoisotopic (exact) mass is 183 g/mol. The second-order valence-corrected chi connectivity index (χ2v) is 3.71. The first-order chi connectivity index (χ1) is 6.34. The molecule has 0 aromatic heterocycles. The van der Waals surface area contributed by atoms with E-state index in [1.807, 2.05) is 0 Å². The molecule has 0 bridgehead atoms. The normalized spacial score (nSPS) is 19.5. The fraction of sp³-hybridized carbons (Fsp3) is 0.818. The zero-order chi connectivity index (χ0) is 9.52. The summed E-state index contributed by atoms with van der Waals surface area (Å²) in [5.74, 6) is 0.180. The van der Waals surface area contributed by atoms with E-state index in [0.717, 1.165) is 12.8 Å². The van der Waals surface area contributed by atoms with Crippen molar-refractivity contribution in [3.8, 4) is 0 Å². The second-order valence-electron chi connectivity index (χ2n) is 3.71. The maximum absolute atomic E-state index is 11.5. The Balaban J connectivity index is 2.26. The number of ether oxygens (including phenoxy) is 1. The van der Waals surface area contributed by atoms with Gasteiger partial charge in [-0.2, -0.15) is 0 Å². The molecule has 2 heteroatoms.